The maximum atomic E-state index is 12.9. The third-order valence-electron chi connectivity index (χ3n) is 5.63. The summed E-state index contributed by atoms with van der Waals surface area (Å²) in [4.78, 5) is 27.8. The second-order valence-electron chi connectivity index (χ2n) is 8.18. The highest BCUT2D eigenvalue weighted by atomic mass is 32.1. The molecule has 0 spiro atoms. The molecule has 6 nitrogen and oxygen atoms in total. The lowest BCUT2D eigenvalue weighted by molar-refractivity contribution is 0.0979. The molecule has 34 heavy (non-hydrogen) atoms. The largest absolute Gasteiger partial charge is 0.378 e. The lowest BCUT2D eigenvalue weighted by Crippen LogP contribution is -2.32. The van der Waals surface area contributed by atoms with Gasteiger partial charge in [-0.1, -0.05) is 54.6 Å². The van der Waals surface area contributed by atoms with Gasteiger partial charge in [-0.25, -0.2) is 0 Å². The van der Waals surface area contributed by atoms with Crippen LogP contribution in [0, 0.1) is 0 Å². The van der Waals surface area contributed by atoms with Crippen molar-refractivity contribution in [3.05, 3.63) is 101 Å². The molecular formula is C27H27N3O3S. The first-order valence-electron chi connectivity index (χ1n) is 11.2. The fourth-order valence-corrected chi connectivity index (χ4v) is 4.11. The molecule has 0 aromatic heterocycles. The number of fused-ring (bicyclic) bond motifs is 2. The van der Waals surface area contributed by atoms with E-state index in [0.29, 0.717) is 52.8 Å². The Kier molecular flexibility index (Phi) is 7.80. The van der Waals surface area contributed by atoms with Crippen LogP contribution in [0.25, 0.3) is 0 Å². The molecule has 0 bridgehead atoms. The Morgan fingerprint density at radius 1 is 0.853 bits per heavy atom. The summed E-state index contributed by atoms with van der Waals surface area (Å²) in [5, 5.41) is 6.62. The van der Waals surface area contributed by atoms with E-state index in [1.807, 2.05) is 18.2 Å². The monoisotopic (exact) mass is 473 g/mol. The van der Waals surface area contributed by atoms with E-state index < -0.39 is 0 Å². The van der Waals surface area contributed by atoms with Crippen LogP contribution in [0.2, 0.25) is 0 Å². The lowest BCUT2D eigenvalue weighted by atomic mass is 9.84. The van der Waals surface area contributed by atoms with Crippen LogP contribution in [-0.2, 0) is 11.3 Å². The number of nitrogens with one attached hydrogen (secondary N) is 2. The molecule has 2 N–H and O–H groups in total. The zero-order valence-electron chi connectivity index (χ0n) is 19.0. The van der Waals surface area contributed by atoms with Gasteiger partial charge in [0.1, 0.15) is 0 Å². The topological polar surface area (TPSA) is 70.7 Å². The Morgan fingerprint density at radius 2 is 1.50 bits per heavy atom. The quantitative estimate of drug-likeness (QED) is 0.282. The van der Waals surface area contributed by atoms with Crippen molar-refractivity contribution in [2.75, 3.05) is 38.7 Å². The zero-order chi connectivity index (χ0) is 23.9. The summed E-state index contributed by atoms with van der Waals surface area (Å²) >= 11 is 5.36. The predicted molar refractivity (Wildman–Crippen MR) is 138 cm³/mol. The molecule has 7 heteroatoms. The van der Waals surface area contributed by atoms with Crippen LogP contribution in [0.4, 0.5) is 5.69 Å². The highest BCUT2D eigenvalue weighted by Gasteiger charge is 2.29. The molecular weight excluding hydrogens is 446 g/mol. The average molecular weight is 474 g/mol. The second-order valence-corrected chi connectivity index (χ2v) is 8.59. The van der Waals surface area contributed by atoms with Crippen molar-refractivity contribution < 1.29 is 14.3 Å². The summed E-state index contributed by atoms with van der Waals surface area (Å²) in [5.41, 5.74) is 3.62. The predicted octanol–water partition coefficient (Wildman–Crippen LogP) is 3.90. The molecule has 0 unspecified atom stereocenters. The Balaban J connectivity index is 1.20. The number of benzene rings is 3. The maximum absolute atomic E-state index is 12.9. The third kappa shape index (κ3) is 5.75. The summed E-state index contributed by atoms with van der Waals surface area (Å²) in [6.07, 6.45) is 0. The molecule has 1 aliphatic rings. The fraction of sp³-hybridized carbons (Fsp3) is 0.222. The van der Waals surface area contributed by atoms with E-state index in [1.165, 1.54) is 5.56 Å². The second kappa shape index (κ2) is 11.2. The van der Waals surface area contributed by atoms with Crippen LogP contribution in [0.15, 0.2) is 72.8 Å². The van der Waals surface area contributed by atoms with Crippen LogP contribution in [-0.4, -0.2) is 54.9 Å². The van der Waals surface area contributed by atoms with Gasteiger partial charge in [-0.15, -0.1) is 0 Å². The maximum Gasteiger partial charge on any atom is 0.194 e. The molecule has 3 aromatic carbocycles. The van der Waals surface area contributed by atoms with Gasteiger partial charge in [-0.3, -0.25) is 14.5 Å². The minimum atomic E-state index is -0.154. The SMILES string of the molecule is CN(CCOCCNC(=S)Nc1ccc2c(c1)C(=O)c1ccccc1C2=O)Cc1ccccc1. The minimum Gasteiger partial charge on any atom is -0.378 e. The molecule has 0 saturated heterocycles. The molecule has 0 amide bonds. The third-order valence-corrected chi connectivity index (χ3v) is 5.87. The molecule has 3 aromatic rings. The molecule has 174 valence electrons. The highest BCUT2D eigenvalue weighted by Crippen LogP contribution is 2.29. The van der Waals surface area contributed by atoms with Crippen molar-refractivity contribution in [2.24, 2.45) is 0 Å². The number of hydrogen-bond acceptors (Lipinski definition) is 5. The fourth-order valence-electron chi connectivity index (χ4n) is 3.89. The summed E-state index contributed by atoms with van der Waals surface area (Å²) in [7, 11) is 2.07. The van der Waals surface area contributed by atoms with Crippen LogP contribution in [0.3, 0.4) is 0 Å². The van der Waals surface area contributed by atoms with E-state index in [0.717, 1.165) is 13.1 Å². The van der Waals surface area contributed by atoms with Gasteiger partial charge in [0, 0.05) is 47.6 Å². The normalized spacial score (nSPS) is 12.3. The number of carbonyl (C=O) groups is 2. The number of rotatable bonds is 9. The van der Waals surface area contributed by atoms with Crippen molar-refractivity contribution in [3.63, 3.8) is 0 Å². The molecule has 4 rings (SSSR count). The Hall–Kier alpha value is -3.39. The highest BCUT2D eigenvalue weighted by molar-refractivity contribution is 7.80. The Labute approximate surface area is 204 Å². The number of anilines is 1. The molecule has 0 aliphatic heterocycles. The first kappa shape index (κ1) is 23.8. The van der Waals surface area contributed by atoms with Crippen molar-refractivity contribution in [3.8, 4) is 0 Å². The van der Waals surface area contributed by atoms with Gasteiger partial charge in [-0.2, -0.15) is 0 Å². The van der Waals surface area contributed by atoms with Gasteiger partial charge in [0.05, 0.1) is 13.2 Å². The zero-order valence-corrected chi connectivity index (χ0v) is 19.9. The van der Waals surface area contributed by atoms with Crippen molar-refractivity contribution in [2.45, 2.75) is 6.54 Å². The van der Waals surface area contributed by atoms with Crippen LogP contribution in [0.1, 0.15) is 37.4 Å². The van der Waals surface area contributed by atoms with E-state index in [1.54, 1.807) is 42.5 Å². The molecule has 1 aliphatic carbocycles. The Morgan fingerprint density at radius 3 is 2.24 bits per heavy atom. The summed E-state index contributed by atoms with van der Waals surface area (Å²) < 4.78 is 5.70. The van der Waals surface area contributed by atoms with Crippen LogP contribution >= 0.6 is 12.2 Å². The summed E-state index contributed by atoms with van der Waals surface area (Å²) in [6, 6.07) is 22.3. The van der Waals surface area contributed by atoms with E-state index in [4.69, 9.17) is 17.0 Å². The number of ether oxygens (including phenoxy) is 1. The number of hydrogen-bond donors (Lipinski definition) is 2. The number of nitrogens with zero attached hydrogens (tertiary/aromatic N) is 1. The lowest BCUT2D eigenvalue weighted by Gasteiger charge is -2.19. The van der Waals surface area contributed by atoms with E-state index in [-0.39, 0.29) is 11.6 Å². The minimum absolute atomic E-state index is 0.135. The average Bonchev–Trinajstić information content (AvgIpc) is 2.85. The number of ketones is 2. The number of likely N-dealkylation sites (N-methyl/N-ethyl adjacent to an activating group) is 1. The number of carbonyl (C=O) groups excluding carboxylic acids is 2. The van der Waals surface area contributed by atoms with Crippen molar-refractivity contribution >= 4 is 34.6 Å². The Bertz CT molecular complexity index is 1200. The summed E-state index contributed by atoms with van der Waals surface area (Å²) in [5.74, 6) is -0.289. The first-order chi connectivity index (χ1) is 16.5. The number of thiocarbonyl (C=S) groups is 1. The smallest absolute Gasteiger partial charge is 0.194 e. The standard InChI is InChI=1S/C27H27N3O3S/c1-30(18-19-7-3-2-4-8-19)14-16-33-15-13-28-27(34)29-20-11-12-23-24(17-20)26(32)22-10-6-5-9-21(22)25(23)31/h2-12,17H,13-16,18H2,1H3,(H2,28,29,34). The van der Waals surface area contributed by atoms with E-state index in [2.05, 4.69) is 34.7 Å². The molecule has 0 radical (unpaired) electrons. The van der Waals surface area contributed by atoms with Crippen LogP contribution < -0.4 is 10.6 Å². The van der Waals surface area contributed by atoms with Gasteiger partial charge in [0.15, 0.2) is 16.7 Å². The first-order valence-corrected chi connectivity index (χ1v) is 11.6. The van der Waals surface area contributed by atoms with Gasteiger partial charge < -0.3 is 15.4 Å². The van der Waals surface area contributed by atoms with Gasteiger partial charge >= 0.3 is 0 Å². The van der Waals surface area contributed by atoms with Gasteiger partial charge in [0.25, 0.3) is 0 Å². The van der Waals surface area contributed by atoms with Crippen molar-refractivity contribution in [1.82, 2.24) is 10.2 Å². The van der Waals surface area contributed by atoms with Crippen LogP contribution in [0.5, 0.6) is 0 Å². The molecule has 0 fully saturated rings. The summed E-state index contributed by atoms with van der Waals surface area (Å²) in [6.45, 7) is 3.44. The molecule has 0 atom stereocenters. The van der Waals surface area contributed by atoms with E-state index in [9.17, 15) is 9.59 Å². The van der Waals surface area contributed by atoms with Gasteiger partial charge in [0.2, 0.25) is 0 Å². The van der Waals surface area contributed by atoms with Crippen molar-refractivity contribution in [1.29, 1.82) is 0 Å². The van der Waals surface area contributed by atoms with E-state index >= 15 is 0 Å². The molecule has 0 heterocycles. The molecule has 0 saturated carbocycles. The van der Waals surface area contributed by atoms with Gasteiger partial charge in [-0.05, 0) is 43.0 Å².